The number of nitriles is 1. The molecule has 0 amide bonds. The van der Waals surface area contributed by atoms with Gasteiger partial charge < -0.3 is 9.84 Å². The monoisotopic (exact) mass is 340 g/mol. The van der Waals surface area contributed by atoms with Crippen molar-refractivity contribution in [3.05, 3.63) is 47.3 Å². The zero-order valence-corrected chi connectivity index (χ0v) is 14.6. The highest BCUT2D eigenvalue weighted by molar-refractivity contribution is 5.45. The molecule has 0 saturated carbocycles. The third-order valence-electron chi connectivity index (χ3n) is 4.86. The fourth-order valence-electron chi connectivity index (χ4n) is 3.56. The maximum absolute atomic E-state index is 9.22. The number of hydrogen-bond acceptors (Lipinski definition) is 5. The molecular formula is C19H24N4O2. The number of hydrogen-bond donors (Lipinski definition) is 1. The van der Waals surface area contributed by atoms with Gasteiger partial charge in [-0.15, -0.1) is 0 Å². The van der Waals surface area contributed by atoms with Crippen molar-refractivity contribution < 1.29 is 9.84 Å². The summed E-state index contributed by atoms with van der Waals surface area (Å²) in [6.45, 7) is 3.56. The first-order chi connectivity index (χ1) is 12.2. The van der Waals surface area contributed by atoms with E-state index in [0.29, 0.717) is 23.8 Å². The van der Waals surface area contributed by atoms with Crippen molar-refractivity contribution in [2.24, 2.45) is 0 Å². The molecule has 1 N–H and O–H groups in total. The number of aliphatic hydroxyl groups is 1. The molecule has 25 heavy (non-hydrogen) atoms. The third-order valence-corrected chi connectivity index (χ3v) is 4.86. The SMILES string of the molecule is COc1ccc(CN2CCC(c3ccnn3CCO)CC2)cc1C#N. The molecule has 2 heterocycles. The van der Waals surface area contributed by atoms with Crippen LogP contribution < -0.4 is 4.74 Å². The van der Waals surface area contributed by atoms with Crippen molar-refractivity contribution in [3.8, 4) is 11.8 Å². The van der Waals surface area contributed by atoms with Crippen LogP contribution in [0.2, 0.25) is 0 Å². The smallest absolute Gasteiger partial charge is 0.136 e. The first-order valence-corrected chi connectivity index (χ1v) is 8.67. The second kappa shape index (κ2) is 8.15. The van der Waals surface area contributed by atoms with E-state index in [0.717, 1.165) is 38.0 Å². The van der Waals surface area contributed by atoms with Gasteiger partial charge in [-0.3, -0.25) is 9.58 Å². The Hall–Kier alpha value is -2.36. The van der Waals surface area contributed by atoms with E-state index >= 15 is 0 Å². The Bertz CT molecular complexity index is 742. The van der Waals surface area contributed by atoms with Crippen molar-refractivity contribution in [1.82, 2.24) is 14.7 Å². The molecule has 1 fully saturated rings. The lowest BCUT2D eigenvalue weighted by molar-refractivity contribution is 0.199. The standard InChI is InChI=1S/C19H24N4O2/c1-25-19-3-2-15(12-17(19)13-20)14-22-8-5-16(6-9-22)18-4-7-21-23(18)10-11-24/h2-4,7,12,16,24H,5-6,8-11,14H2,1H3. The van der Waals surface area contributed by atoms with Gasteiger partial charge in [0.05, 0.1) is 25.8 Å². The van der Waals surface area contributed by atoms with Crippen LogP contribution in [0.4, 0.5) is 0 Å². The summed E-state index contributed by atoms with van der Waals surface area (Å²) in [7, 11) is 1.59. The molecule has 132 valence electrons. The topological polar surface area (TPSA) is 74.3 Å². The van der Waals surface area contributed by atoms with Gasteiger partial charge in [-0.25, -0.2) is 0 Å². The average molecular weight is 340 g/mol. The molecule has 6 heteroatoms. The van der Waals surface area contributed by atoms with Crippen molar-refractivity contribution in [2.75, 3.05) is 26.8 Å². The Morgan fingerprint density at radius 2 is 2.12 bits per heavy atom. The van der Waals surface area contributed by atoms with Gasteiger partial charge in [0.25, 0.3) is 0 Å². The Kier molecular flexibility index (Phi) is 5.69. The number of likely N-dealkylation sites (tertiary alicyclic amines) is 1. The van der Waals surface area contributed by atoms with Crippen molar-refractivity contribution in [1.29, 1.82) is 5.26 Å². The maximum atomic E-state index is 9.22. The molecule has 1 aliphatic heterocycles. The first kappa shape index (κ1) is 17.5. The van der Waals surface area contributed by atoms with Crippen LogP contribution in [-0.4, -0.2) is 46.6 Å². The van der Waals surface area contributed by atoms with Gasteiger partial charge in [-0.2, -0.15) is 10.4 Å². The predicted octanol–water partition coefficient (Wildman–Crippen LogP) is 2.14. The molecular weight excluding hydrogens is 316 g/mol. The zero-order valence-electron chi connectivity index (χ0n) is 14.6. The van der Waals surface area contributed by atoms with Crippen LogP contribution in [0.25, 0.3) is 0 Å². The summed E-state index contributed by atoms with van der Waals surface area (Å²) in [4.78, 5) is 2.42. The molecule has 2 aromatic rings. The average Bonchev–Trinajstić information content (AvgIpc) is 3.11. The number of ether oxygens (including phenoxy) is 1. The number of aromatic nitrogens is 2. The number of piperidine rings is 1. The van der Waals surface area contributed by atoms with E-state index in [1.807, 2.05) is 29.1 Å². The largest absolute Gasteiger partial charge is 0.495 e. The van der Waals surface area contributed by atoms with Crippen molar-refractivity contribution in [2.45, 2.75) is 31.8 Å². The Morgan fingerprint density at radius 3 is 2.80 bits per heavy atom. The summed E-state index contributed by atoms with van der Waals surface area (Å²) in [5, 5.41) is 22.7. The molecule has 1 saturated heterocycles. The number of rotatable bonds is 6. The molecule has 0 aliphatic carbocycles. The van der Waals surface area contributed by atoms with Gasteiger partial charge in [-0.1, -0.05) is 6.07 Å². The van der Waals surface area contributed by atoms with Crippen LogP contribution in [0, 0.1) is 11.3 Å². The minimum absolute atomic E-state index is 0.117. The Labute approximate surface area is 148 Å². The van der Waals surface area contributed by atoms with Gasteiger partial charge >= 0.3 is 0 Å². The number of methoxy groups -OCH3 is 1. The van der Waals surface area contributed by atoms with Crippen molar-refractivity contribution >= 4 is 0 Å². The van der Waals surface area contributed by atoms with Gasteiger partial charge in [0.1, 0.15) is 11.8 Å². The summed E-state index contributed by atoms with van der Waals surface area (Å²) in [5.41, 5.74) is 2.95. The van der Waals surface area contributed by atoms with Crippen LogP contribution >= 0.6 is 0 Å². The van der Waals surface area contributed by atoms with E-state index in [-0.39, 0.29) is 6.61 Å². The van der Waals surface area contributed by atoms with E-state index in [4.69, 9.17) is 9.84 Å². The van der Waals surface area contributed by atoms with Crippen LogP contribution in [0.3, 0.4) is 0 Å². The molecule has 1 aliphatic rings. The summed E-state index contributed by atoms with van der Waals surface area (Å²) < 4.78 is 7.13. The number of benzene rings is 1. The lowest BCUT2D eigenvalue weighted by atomic mass is 9.93. The van der Waals surface area contributed by atoms with E-state index in [1.54, 1.807) is 7.11 Å². The van der Waals surface area contributed by atoms with Gasteiger partial charge in [-0.05, 0) is 49.7 Å². The third kappa shape index (κ3) is 4.01. The maximum Gasteiger partial charge on any atom is 0.136 e. The highest BCUT2D eigenvalue weighted by Gasteiger charge is 2.23. The molecule has 1 aromatic heterocycles. The van der Waals surface area contributed by atoms with Crippen LogP contribution in [-0.2, 0) is 13.1 Å². The summed E-state index contributed by atoms with van der Waals surface area (Å²) >= 11 is 0. The molecule has 0 radical (unpaired) electrons. The Morgan fingerprint density at radius 1 is 1.32 bits per heavy atom. The lowest BCUT2D eigenvalue weighted by Gasteiger charge is -2.32. The predicted molar refractivity (Wildman–Crippen MR) is 94.3 cm³/mol. The molecule has 0 atom stereocenters. The van der Waals surface area contributed by atoms with E-state index in [1.165, 1.54) is 5.69 Å². The lowest BCUT2D eigenvalue weighted by Crippen LogP contribution is -2.33. The summed E-state index contributed by atoms with van der Waals surface area (Å²) in [6, 6.07) is 10.1. The fraction of sp³-hybridized carbons (Fsp3) is 0.474. The minimum atomic E-state index is 0.117. The fourth-order valence-corrected chi connectivity index (χ4v) is 3.56. The molecule has 6 nitrogen and oxygen atoms in total. The molecule has 1 aromatic carbocycles. The Balaban J connectivity index is 1.59. The molecule has 0 spiro atoms. The highest BCUT2D eigenvalue weighted by atomic mass is 16.5. The van der Waals surface area contributed by atoms with Crippen molar-refractivity contribution in [3.63, 3.8) is 0 Å². The zero-order chi connectivity index (χ0) is 17.6. The number of aliphatic hydroxyl groups excluding tert-OH is 1. The van der Waals surface area contributed by atoms with E-state index in [9.17, 15) is 5.26 Å². The normalized spacial score (nSPS) is 15.9. The van der Waals surface area contributed by atoms with Gasteiger partial charge in [0.15, 0.2) is 0 Å². The van der Waals surface area contributed by atoms with E-state index in [2.05, 4.69) is 22.1 Å². The summed E-state index contributed by atoms with van der Waals surface area (Å²) in [5.74, 6) is 1.12. The molecule has 0 unspecified atom stereocenters. The van der Waals surface area contributed by atoms with Crippen LogP contribution in [0.15, 0.2) is 30.5 Å². The second-order valence-corrected chi connectivity index (χ2v) is 6.40. The highest BCUT2D eigenvalue weighted by Crippen LogP contribution is 2.29. The quantitative estimate of drug-likeness (QED) is 0.872. The number of nitrogens with zero attached hydrogens (tertiary/aromatic N) is 4. The van der Waals surface area contributed by atoms with Gasteiger partial charge in [0, 0.05) is 24.4 Å². The molecule has 0 bridgehead atoms. The minimum Gasteiger partial charge on any atom is -0.495 e. The van der Waals surface area contributed by atoms with E-state index < -0.39 is 0 Å². The molecule has 3 rings (SSSR count). The van der Waals surface area contributed by atoms with Gasteiger partial charge in [0.2, 0.25) is 0 Å². The summed E-state index contributed by atoms with van der Waals surface area (Å²) in [6.07, 6.45) is 3.98. The first-order valence-electron chi connectivity index (χ1n) is 8.67. The second-order valence-electron chi connectivity index (χ2n) is 6.40. The van der Waals surface area contributed by atoms with Crippen LogP contribution in [0.5, 0.6) is 5.75 Å². The van der Waals surface area contributed by atoms with Crippen LogP contribution in [0.1, 0.15) is 35.6 Å².